The van der Waals surface area contributed by atoms with Crippen LogP contribution in [0.25, 0.3) is 0 Å². The van der Waals surface area contributed by atoms with Crippen molar-refractivity contribution in [2.75, 3.05) is 50.7 Å². The Hall–Kier alpha value is -2.96. The number of nitroso groups, excluding NO2 is 1. The Balaban J connectivity index is 1.39. The second kappa shape index (κ2) is 13.3. The van der Waals surface area contributed by atoms with Crippen LogP contribution < -0.4 is 10.2 Å². The fourth-order valence-corrected chi connectivity index (χ4v) is 6.30. The number of piperazine rings is 1. The predicted octanol–water partition coefficient (Wildman–Crippen LogP) is 3.94. The molecule has 2 aliphatic heterocycles. The molecule has 2 aromatic heterocycles. The summed E-state index contributed by atoms with van der Waals surface area (Å²) < 4.78 is 14.4. The molecule has 4 heterocycles. The fourth-order valence-electron chi connectivity index (χ4n) is 5.70. The number of carbonyl (C=O) groups is 2. The van der Waals surface area contributed by atoms with Crippen molar-refractivity contribution in [3.63, 3.8) is 0 Å². The van der Waals surface area contributed by atoms with Gasteiger partial charge in [0.05, 0.1) is 23.5 Å². The van der Waals surface area contributed by atoms with Crippen molar-refractivity contribution in [3.05, 3.63) is 49.2 Å². The van der Waals surface area contributed by atoms with Crippen LogP contribution in [0.2, 0.25) is 10.3 Å². The van der Waals surface area contributed by atoms with Crippen LogP contribution in [-0.2, 0) is 0 Å². The molecule has 0 radical (unpaired) electrons. The largest absolute Gasteiger partial charge is 0.351 e. The lowest BCUT2D eigenvalue weighted by atomic mass is 9.97. The second-order valence-corrected chi connectivity index (χ2v) is 11.2. The standard InChI is InChI=1S/C27H35Cl2FN8O3/c1-5-18-14-37(25-24(29)35-22(17(4)34-25)26(39)31-8-9-32-41)12-13-38(18)19-6-10-36(11-7-19)27(40)20-15(2)21(30)16(3)33-23(20)28/h18-19H,5-14H2,1-4H3,(H,31,39). The first kappa shape index (κ1) is 31.0. The molecule has 222 valence electrons. The van der Waals surface area contributed by atoms with E-state index in [4.69, 9.17) is 23.2 Å². The monoisotopic (exact) mass is 608 g/mol. The highest BCUT2D eigenvalue weighted by molar-refractivity contribution is 6.33. The first-order chi connectivity index (χ1) is 19.6. The zero-order valence-electron chi connectivity index (χ0n) is 23.7. The average Bonchev–Trinajstić information content (AvgIpc) is 2.96. The van der Waals surface area contributed by atoms with Crippen molar-refractivity contribution in [1.29, 1.82) is 0 Å². The number of nitrogens with one attached hydrogen (secondary N) is 1. The second-order valence-electron chi connectivity index (χ2n) is 10.5. The number of halogens is 3. The minimum atomic E-state index is -0.499. The molecule has 0 bridgehead atoms. The van der Waals surface area contributed by atoms with Gasteiger partial charge in [-0.25, -0.2) is 19.3 Å². The highest BCUT2D eigenvalue weighted by atomic mass is 35.5. The number of hydrogen-bond donors (Lipinski definition) is 1. The molecule has 41 heavy (non-hydrogen) atoms. The molecule has 0 saturated carbocycles. The van der Waals surface area contributed by atoms with Crippen LogP contribution >= 0.6 is 23.2 Å². The van der Waals surface area contributed by atoms with E-state index in [0.29, 0.717) is 43.7 Å². The summed E-state index contributed by atoms with van der Waals surface area (Å²) in [5, 5.41) is 5.51. The molecule has 0 spiro atoms. The molecule has 2 aromatic rings. The lowest BCUT2D eigenvalue weighted by Gasteiger charge is -2.47. The Labute approximate surface area is 248 Å². The van der Waals surface area contributed by atoms with E-state index in [1.165, 1.54) is 6.92 Å². The van der Waals surface area contributed by atoms with Crippen LogP contribution in [-0.4, -0.2) is 94.5 Å². The third-order valence-corrected chi connectivity index (χ3v) is 8.47. The van der Waals surface area contributed by atoms with E-state index >= 15 is 0 Å². The number of likely N-dealkylation sites (tertiary alicyclic amines) is 1. The molecule has 0 aliphatic carbocycles. The van der Waals surface area contributed by atoms with Gasteiger partial charge in [-0.05, 0) is 40.0 Å². The highest BCUT2D eigenvalue weighted by Gasteiger charge is 2.36. The number of pyridine rings is 1. The normalized spacial score (nSPS) is 18.5. The minimum Gasteiger partial charge on any atom is -0.351 e. The van der Waals surface area contributed by atoms with Crippen molar-refractivity contribution in [2.24, 2.45) is 5.18 Å². The molecule has 1 unspecified atom stereocenters. The van der Waals surface area contributed by atoms with Crippen LogP contribution in [0.1, 0.15) is 64.0 Å². The number of piperidine rings is 1. The number of nitrogens with zero attached hydrogens (tertiary/aromatic N) is 7. The maximum atomic E-state index is 14.4. The molecule has 11 nitrogen and oxygen atoms in total. The molecule has 1 N–H and O–H groups in total. The van der Waals surface area contributed by atoms with Crippen LogP contribution in [0.5, 0.6) is 0 Å². The molecular formula is C27H35Cl2FN8O3. The molecule has 2 amide bonds. The summed E-state index contributed by atoms with van der Waals surface area (Å²) in [6.07, 6.45) is 2.50. The average molecular weight is 610 g/mol. The van der Waals surface area contributed by atoms with E-state index in [1.54, 1.807) is 18.7 Å². The molecule has 2 saturated heterocycles. The number of anilines is 1. The van der Waals surface area contributed by atoms with Crippen LogP contribution in [0, 0.1) is 31.5 Å². The first-order valence-corrected chi connectivity index (χ1v) is 14.6. The smallest absolute Gasteiger partial charge is 0.271 e. The third kappa shape index (κ3) is 6.60. The van der Waals surface area contributed by atoms with Gasteiger partial charge in [0.25, 0.3) is 11.8 Å². The SMILES string of the molecule is CCC1CN(c2nc(C)c(C(=O)NCCN=O)nc2Cl)CCN1C1CCN(C(=O)c2c(Cl)nc(C)c(F)c2C)CC1. The van der Waals surface area contributed by atoms with Gasteiger partial charge in [-0.2, -0.15) is 4.91 Å². The lowest BCUT2D eigenvalue weighted by Crippen LogP contribution is -2.59. The molecule has 0 aromatic carbocycles. The fraction of sp³-hybridized carbons (Fsp3) is 0.593. The van der Waals surface area contributed by atoms with Gasteiger partial charge in [-0.1, -0.05) is 35.3 Å². The predicted molar refractivity (Wildman–Crippen MR) is 155 cm³/mol. The summed E-state index contributed by atoms with van der Waals surface area (Å²) >= 11 is 12.8. The van der Waals surface area contributed by atoms with Crippen molar-refractivity contribution >= 4 is 40.8 Å². The lowest BCUT2D eigenvalue weighted by molar-refractivity contribution is 0.0489. The summed E-state index contributed by atoms with van der Waals surface area (Å²) in [7, 11) is 0. The number of aryl methyl sites for hydroxylation is 2. The summed E-state index contributed by atoms with van der Waals surface area (Å²) in [5.74, 6) is -0.689. The van der Waals surface area contributed by atoms with E-state index in [0.717, 1.165) is 25.8 Å². The minimum absolute atomic E-state index is 0.0275. The summed E-state index contributed by atoms with van der Waals surface area (Å²) in [5.41, 5.74) is 1.13. The Morgan fingerprint density at radius 1 is 1.02 bits per heavy atom. The van der Waals surface area contributed by atoms with Gasteiger partial charge in [-0.3, -0.25) is 14.5 Å². The number of rotatable bonds is 8. The van der Waals surface area contributed by atoms with Gasteiger partial charge in [-0.15, -0.1) is 0 Å². The third-order valence-electron chi connectivity index (χ3n) is 7.94. The summed E-state index contributed by atoms with van der Waals surface area (Å²) in [6, 6.07) is 0.533. The number of hydrogen-bond acceptors (Lipinski definition) is 9. The van der Waals surface area contributed by atoms with Crippen molar-refractivity contribution < 1.29 is 14.0 Å². The van der Waals surface area contributed by atoms with Gasteiger partial charge >= 0.3 is 0 Å². The maximum Gasteiger partial charge on any atom is 0.271 e. The van der Waals surface area contributed by atoms with Crippen molar-refractivity contribution in [1.82, 2.24) is 30.1 Å². The van der Waals surface area contributed by atoms with Gasteiger partial charge in [0.1, 0.15) is 11.0 Å². The first-order valence-electron chi connectivity index (χ1n) is 13.8. The van der Waals surface area contributed by atoms with E-state index in [2.05, 4.69) is 42.2 Å². The molecule has 2 aliphatic rings. The zero-order chi connectivity index (χ0) is 29.8. The maximum absolute atomic E-state index is 14.4. The number of amides is 2. The van der Waals surface area contributed by atoms with Crippen molar-refractivity contribution in [2.45, 2.75) is 59.0 Å². The Bertz CT molecular complexity index is 1320. The topological polar surface area (TPSA) is 124 Å². The van der Waals surface area contributed by atoms with E-state index in [9.17, 15) is 18.9 Å². The van der Waals surface area contributed by atoms with Gasteiger partial charge in [0, 0.05) is 56.9 Å². The van der Waals surface area contributed by atoms with Gasteiger partial charge < -0.3 is 15.1 Å². The molecule has 14 heteroatoms. The quantitative estimate of drug-likeness (QED) is 0.271. The Kier molecular flexibility index (Phi) is 10.1. The van der Waals surface area contributed by atoms with E-state index in [-0.39, 0.29) is 57.9 Å². The Morgan fingerprint density at radius 3 is 2.39 bits per heavy atom. The van der Waals surface area contributed by atoms with E-state index < -0.39 is 11.7 Å². The summed E-state index contributed by atoms with van der Waals surface area (Å²) in [4.78, 5) is 55.2. The molecular weight excluding hydrogens is 574 g/mol. The summed E-state index contributed by atoms with van der Waals surface area (Å²) in [6.45, 7) is 10.3. The van der Waals surface area contributed by atoms with Crippen LogP contribution in [0.4, 0.5) is 10.2 Å². The van der Waals surface area contributed by atoms with Gasteiger partial charge in [0.15, 0.2) is 16.7 Å². The highest BCUT2D eigenvalue weighted by Crippen LogP contribution is 2.30. The number of aromatic nitrogens is 3. The zero-order valence-corrected chi connectivity index (χ0v) is 25.2. The molecule has 2 fully saturated rings. The molecule has 4 rings (SSSR count). The molecule has 1 atom stereocenters. The van der Waals surface area contributed by atoms with Crippen LogP contribution in [0.3, 0.4) is 0 Å². The number of carbonyl (C=O) groups excluding carboxylic acids is 2. The van der Waals surface area contributed by atoms with E-state index in [1.807, 2.05) is 0 Å². The Morgan fingerprint density at radius 2 is 1.73 bits per heavy atom. The van der Waals surface area contributed by atoms with Crippen molar-refractivity contribution in [3.8, 4) is 0 Å². The van der Waals surface area contributed by atoms with Crippen LogP contribution in [0.15, 0.2) is 5.18 Å². The van der Waals surface area contributed by atoms with Gasteiger partial charge in [0.2, 0.25) is 0 Å².